The third-order valence-electron chi connectivity index (χ3n) is 5.00. The van der Waals surface area contributed by atoms with Crippen LogP contribution in [0, 0.1) is 5.92 Å². The number of hydrogen-bond donors (Lipinski definition) is 1. The summed E-state index contributed by atoms with van der Waals surface area (Å²) in [7, 11) is 1.65. The first-order valence-electron chi connectivity index (χ1n) is 9.52. The fraction of sp³-hybridized carbons (Fsp3) is 0.304. The molecule has 0 amide bonds. The van der Waals surface area contributed by atoms with Gasteiger partial charge >= 0.3 is 0 Å². The van der Waals surface area contributed by atoms with Gasteiger partial charge in [0.15, 0.2) is 0 Å². The summed E-state index contributed by atoms with van der Waals surface area (Å²) < 4.78 is 5.36. The van der Waals surface area contributed by atoms with Crippen LogP contribution in [0.15, 0.2) is 71.8 Å². The van der Waals surface area contributed by atoms with Crippen LogP contribution in [0.4, 0.5) is 0 Å². The largest absolute Gasteiger partial charge is 0.497 e. The molecule has 3 aromatic carbocycles. The highest BCUT2D eigenvalue weighted by molar-refractivity contribution is 5.83. The van der Waals surface area contributed by atoms with Gasteiger partial charge in [-0.1, -0.05) is 67.5 Å². The second-order valence-corrected chi connectivity index (χ2v) is 7.24. The molecule has 5 heteroatoms. The Balaban J connectivity index is 1.95. The molecule has 3 rings (SSSR count). The Morgan fingerprint density at radius 2 is 1.75 bits per heavy atom. The van der Waals surface area contributed by atoms with Crippen molar-refractivity contribution in [2.24, 2.45) is 11.0 Å². The van der Waals surface area contributed by atoms with Gasteiger partial charge in [0.25, 0.3) is 0 Å². The fourth-order valence-corrected chi connectivity index (χ4v) is 3.52. The van der Waals surface area contributed by atoms with Crippen LogP contribution in [-0.2, 0) is 0 Å². The second kappa shape index (κ2) is 9.27. The maximum absolute atomic E-state index is 8.85. The summed E-state index contributed by atoms with van der Waals surface area (Å²) in [6.45, 7) is 4.73. The van der Waals surface area contributed by atoms with E-state index < -0.39 is 0 Å². The molecule has 0 unspecified atom stereocenters. The van der Waals surface area contributed by atoms with Crippen LogP contribution in [-0.4, -0.2) is 13.7 Å². The molecular formula is C23H26N4O. The van der Waals surface area contributed by atoms with E-state index in [0.717, 1.165) is 11.3 Å². The average molecular weight is 374 g/mol. The zero-order chi connectivity index (χ0) is 19.9. The van der Waals surface area contributed by atoms with Gasteiger partial charge in [0.2, 0.25) is 0 Å². The normalized spacial score (nSPS) is 13.1. The van der Waals surface area contributed by atoms with Gasteiger partial charge in [0.1, 0.15) is 5.75 Å². The molecule has 0 aromatic heterocycles. The number of fused-ring (bicyclic) bond motifs is 1. The Morgan fingerprint density at radius 3 is 2.46 bits per heavy atom. The highest BCUT2D eigenvalue weighted by Gasteiger charge is 2.21. The van der Waals surface area contributed by atoms with Gasteiger partial charge in [0.05, 0.1) is 7.11 Å². The van der Waals surface area contributed by atoms with Crippen LogP contribution in [0.25, 0.3) is 21.2 Å². The number of nitrogens with one attached hydrogen (secondary N) is 1. The lowest BCUT2D eigenvalue weighted by molar-refractivity contribution is 0.364. The Morgan fingerprint density at radius 1 is 0.964 bits per heavy atom. The standard InChI is InChI=1S/C23H26N4O/c1-16(2)23(20-12-11-17-7-4-5-8-18(17)13-20)26-22(15-25-27-24)19-9-6-10-21(14-19)28-3/h4-14,16,22-23,26H,15H2,1-3H3/t22-,23+/m0/s1. The molecule has 0 heterocycles. The Bertz CT molecular complexity index is 979. The quantitative estimate of drug-likeness (QED) is 0.290. The summed E-state index contributed by atoms with van der Waals surface area (Å²) in [5.41, 5.74) is 11.1. The van der Waals surface area contributed by atoms with Gasteiger partial charge < -0.3 is 10.1 Å². The van der Waals surface area contributed by atoms with Crippen molar-refractivity contribution in [2.45, 2.75) is 25.9 Å². The highest BCUT2D eigenvalue weighted by Crippen LogP contribution is 2.29. The van der Waals surface area contributed by atoms with Gasteiger partial charge in [-0.15, -0.1) is 0 Å². The van der Waals surface area contributed by atoms with E-state index in [-0.39, 0.29) is 12.1 Å². The molecule has 2 atom stereocenters. The first-order chi connectivity index (χ1) is 13.6. The summed E-state index contributed by atoms with van der Waals surface area (Å²) in [6.07, 6.45) is 0. The van der Waals surface area contributed by atoms with Crippen LogP contribution in [0.1, 0.15) is 37.1 Å². The van der Waals surface area contributed by atoms with Crippen LogP contribution < -0.4 is 10.1 Å². The number of rotatable bonds is 8. The van der Waals surface area contributed by atoms with Gasteiger partial charge in [-0.25, -0.2) is 0 Å². The van der Waals surface area contributed by atoms with Crippen molar-refractivity contribution >= 4 is 10.8 Å². The summed E-state index contributed by atoms with van der Waals surface area (Å²) in [4.78, 5) is 2.96. The maximum atomic E-state index is 8.85. The zero-order valence-corrected chi connectivity index (χ0v) is 16.5. The predicted molar refractivity (Wildman–Crippen MR) is 114 cm³/mol. The van der Waals surface area contributed by atoms with Crippen molar-refractivity contribution in [3.05, 3.63) is 88.3 Å². The third kappa shape index (κ3) is 4.63. The first kappa shape index (κ1) is 19.7. The van der Waals surface area contributed by atoms with E-state index in [1.807, 2.05) is 24.3 Å². The van der Waals surface area contributed by atoms with E-state index in [4.69, 9.17) is 10.3 Å². The molecule has 0 aliphatic heterocycles. The SMILES string of the molecule is COc1cccc([C@H](CN=[N+]=[N-])N[C@@H](c2ccc3ccccc3c2)C(C)C)c1. The second-order valence-electron chi connectivity index (χ2n) is 7.24. The summed E-state index contributed by atoms with van der Waals surface area (Å²) in [6, 6.07) is 22.9. The Hall–Kier alpha value is -3.01. The van der Waals surface area contributed by atoms with Gasteiger partial charge in [-0.3, -0.25) is 0 Å². The maximum Gasteiger partial charge on any atom is 0.119 e. The van der Waals surface area contributed by atoms with Crippen molar-refractivity contribution in [1.29, 1.82) is 0 Å². The van der Waals surface area contributed by atoms with E-state index in [1.54, 1.807) is 7.11 Å². The lowest BCUT2D eigenvalue weighted by atomic mass is 9.92. The number of azide groups is 1. The molecule has 1 N–H and O–H groups in total. The summed E-state index contributed by atoms with van der Waals surface area (Å²) in [5.74, 6) is 1.15. The molecule has 0 spiro atoms. The first-order valence-corrected chi connectivity index (χ1v) is 9.52. The smallest absolute Gasteiger partial charge is 0.119 e. The predicted octanol–water partition coefficient (Wildman–Crippen LogP) is 6.19. The van der Waals surface area contributed by atoms with Crippen LogP contribution in [0.5, 0.6) is 5.75 Å². The molecule has 0 bridgehead atoms. The molecule has 5 nitrogen and oxygen atoms in total. The van der Waals surface area contributed by atoms with E-state index >= 15 is 0 Å². The minimum absolute atomic E-state index is 0.107. The topological polar surface area (TPSA) is 70.0 Å². The number of hydrogen-bond acceptors (Lipinski definition) is 3. The van der Waals surface area contributed by atoms with Crippen molar-refractivity contribution < 1.29 is 4.74 Å². The monoisotopic (exact) mass is 374 g/mol. The number of benzene rings is 3. The molecule has 28 heavy (non-hydrogen) atoms. The van der Waals surface area contributed by atoms with Crippen molar-refractivity contribution in [1.82, 2.24) is 5.32 Å². The summed E-state index contributed by atoms with van der Waals surface area (Å²) >= 11 is 0. The molecule has 0 radical (unpaired) electrons. The molecule has 0 aliphatic carbocycles. The number of methoxy groups -OCH3 is 1. The van der Waals surface area contributed by atoms with Crippen molar-refractivity contribution in [3.8, 4) is 5.75 Å². The molecule has 0 aliphatic rings. The van der Waals surface area contributed by atoms with Crippen LogP contribution in [0.2, 0.25) is 0 Å². The summed E-state index contributed by atoms with van der Waals surface area (Å²) in [5, 5.41) is 10.0. The zero-order valence-electron chi connectivity index (χ0n) is 16.5. The average Bonchev–Trinajstić information content (AvgIpc) is 2.73. The lowest BCUT2D eigenvalue weighted by Crippen LogP contribution is -2.31. The van der Waals surface area contributed by atoms with E-state index in [2.05, 4.69) is 71.7 Å². The van der Waals surface area contributed by atoms with Gasteiger partial charge in [0, 0.05) is 23.5 Å². The van der Waals surface area contributed by atoms with Crippen molar-refractivity contribution in [3.63, 3.8) is 0 Å². The molecular weight excluding hydrogens is 348 g/mol. The number of ether oxygens (including phenoxy) is 1. The van der Waals surface area contributed by atoms with Crippen molar-refractivity contribution in [2.75, 3.05) is 13.7 Å². The van der Waals surface area contributed by atoms with Gasteiger partial charge in [-0.2, -0.15) is 0 Å². The fourth-order valence-electron chi connectivity index (χ4n) is 3.52. The van der Waals surface area contributed by atoms with E-state index in [9.17, 15) is 0 Å². The Kier molecular flexibility index (Phi) is 6.53. The van der Waals surface area contributed by atoms with Crippen LogP contribution >= 0.6 is 0 Å². The van der Waals surface area contributed by atoms with E-state index in [1.165, 1.54) is 16.3 Å². The molecule has 3 aromatic rings. The third-order valence-corrected chi connectivity index (χ3v) is 5.00. The molecule has 0 fully saturated rings. The minimum Gasteiger partial charge on any atom is -0.497 e. The molecule has 0 saturated heterocycles. The molecule has 144 valence electrons. The van der Waals surface area contributed by atoms with E-state index in [0.29, 0.717) is 12.5 Å². The van der Waals surface area contributed by atoms with Crippen LogP contribution in [0.3, 0.4) is 0 Å². The number of nitrogens with zero attached hydrogens (tertiary/aromatic N) is 3. The highest BCUT2D eigenvalue weighted by atomic mass is 16.5. The van der Waals surface area contributed by atoms with Gasteiger partial charge in [-0.05, 0) is 51.5 Å². The lowest BCUT2D eigenvalue weighted by Gasteiger charge is -2.29. The Labute approximate surface area is 166 Å². The minimum atomic E-state index is -0.107. The molecule has 0 saturated carbocycles.